The van der Waals surface area contributed by atoms with Crippen LogP contribution in [-0.2, 0) is 0 Å². The van der Waals surface area contributed by atoms with Gasteiger partial charge in [0, 0.05) is 23.5 Å². The summed E-state index contributed by atoms with van der Waals surface area (Å²) in [7, 11) is 0. The molecule has 0 saturated carbocycles. The molecule has 0 aliphatic carbocycles. The predicted octanol–water partition coefficient (Wildman–Crippen LogP) is 5.30. The molecule has 0 radical (unpaired) electrons. The van der Waals surface area contributed by atoms with Crippen molar-refractivity contribution in [1.29, 1.82) is 0 Å². The van der Waals surface area contributed by atoms with Crippen LogP contribution in [-0.4, -0.2) is 21.1 Å². The third-order valence-electron chi connectivity index (χ3n) is 4.03. The second kappa shape index (κ2) is 7.92. The van der Waals surface area contributed by atoms with Gasteiger partial charge < -0.3 is 15.4 Å². The lowest BCUT2D eigenvalue weighted by molar-refractivity contribution is 0.242. The predicted molar refractivity (Wildman–Crippen MR) is 113 cm³/mol. The van der Waals surface area contributed by atoms with Gasteiger partial charge in [-0.1, -0.05) is 18.2 Å². The highest BCUT2D eigenvalue weighted by atomic mass is 16.5. The van der Waals surface area contributed by atoms with Crippen LogP contribution in [0.3, 0.4) is 0 Å². The molecule has 2 aromatic heterocycles. The zero-order chi connectivity index (χ0) is 19.3. The van der Waals surface area contributed by atoms with Crippen molar-refractivity contribution in [2.75, 3.05) is 10.6 Å². The second-order valence-electron chi connectivity index (χ2n) is 6.59. The molecule has 6 heteroatoms. The molecule has 0 amide bonds. The molecular formula is C22H21N5O. The van der Waals surface area contributed by atoms with Crippen LogP contribution in [0, 0.1) is 0 Å². The normalized spacial score (nSPS) is 10.8. The molecule has 0 saturated heterocycles. The number of ether oxygens (including phenoxy) is 1. The van der Waals surface area contributed by atoms with E-state index in [0.29, 0.717) is 11.8 Å². The topological polar surface area (TPSA) is 72.0 Å². The molecular weight excluding hydrogens is 350 g/mol. The molecule has 2 heterocycles. The van der Waals surface area contributed by atoms with Crippen LogP contribution in [0.4, 0.5) is 23.1 Å². The Morgan fingerprint density at radius 1 is 0.821 bits per heavy atom. The molecule has 0 aliphatic rings. The lowest BCUT2D eigenvalue weighted by atomic mass is 10.2. The zero-order valence-corrected chi connectivity index (χ0v) is 15.8. The Bertz CT molecular complexity index is 1070. The number of para-hydroxylation sites is 1. The maximum absolute atomic E-state index is 5.67. The summed E-state index contributed by atoms with van der Waals surface area (Å²) in [5.41, 5.74) is 2.69. The summed E-state index contributed by atoms with van der Waals surface area (Å²) in [4.78, 5) is 13.3. The summed E-state index contributed by atoms with van der Waals surface area (Å²) in [6.07, 6.45) is 3.65. The lowest BCUT2D eigenvalue weighted by Crippen LogP contribution is -2.05. The molecule has 0 unspecified atom stereocenters. The first-order valence-electron chi connectivity index (χ1n) is 9.15. The Morgan fingerprint density at radius 3 is 2.46 bits per heavy atom. The Labute approximate surface area is 163 Å². The van der Waals surface area contributed by atoms with Gasteiger partial charge in [-0.3, -0.25) is 4.98 Å². The van der Waals surface area contributed by atoms with E-state index in [4.69, 9.17) is 4.74 Å². The van der Waals surface area contributed by atoms with Gasteiger partial charge in [-0.15, -0.1) is 0 Å². The van der Waals surface area contributed by atoms with Crippen LogP contribution in [0.1, 0.15) is 13.8 Å². The Hall–Kier alpha value is -3.67. The lowest BCUT2D eigenvalue weighted by Gasteiger charge is -2.11. The third kappa shape index (κ3) is 4.17. The smallest absolute Gasteiger partial charge is 0.229 e. The van der Waals surface area contributed by atoms with E-state index in [-0.39, 0.29) is 6.10 Å². The number of hydrogen-bond donors (Lipinski definition) is 2. The standard InChI is InChI=1S/C22H21N5O/c1-15(2)28-18-10-8-17(9-11-18)25-22-24-14-12-20(27-22)26-19-7-3-5-16-6-4-13-23-21(16)19/h3-15H,1-2H3,(H2,24,25,26,27). The van der Waals surface area contributed by atoms with Gasteiger partial charge in [0.05, 0.1) is 17.3 Å². The fourth-order valence-electron chi connectivity index (χ4n) is 2.85. The molecule has 0 fully saturated rings. The number of hydrogen-bond acceptors (Lipinski definition) is 6. The highest BCUT2D eigenvalue weighted by molar-refractivity contribution is 5.91. The third-order valence-corrected chi connectivity index (χ3v) is 4.03. The summed E-state index contributed by atoms with van der Waals surface area (Å²) in [5, 5.41) is 7.62. The van der Waals surface area contributed by atoms with Crippen LogP contribution < -0.4 is 15.4 Å². The van der Waals surface area contributed by atoms with E-state index in [9.17, 15) is 0 Å². The maximum atomic E-state index is 5.67. The van der Waals surface area contributed by atoms with E-state index in [1.165, 1.54) is 0 Å². The van der Waals surface area contributed by atoms with E-state index in [2.05, 4.69) is 25.6 Å². The molecule has 0 spiro atoms. The van der Waals surface area contributed by atoms with Crippen molar-refractivity contribution in [3.8, 4) is 5.75 Å². The molecule has 0 atom stereocenters. The zero-order valence-electron chi connectivity index (χ0n) is 15.8. The highest BCUT2D eigenvalue weighted by Gasteiger charge is 2.05. The number of pyridine rings is 1. The molecule has 140 valence electrons. The number of anilines is 4. The van der Waals surface area contributed by atoms with Crippen molar-refractivity contribution >= 4 is 34.0 Å². The van der Waals surface area contributed by atoms with E-state index in [0.717, 1.165) is 28.0 Å². The summed E-state index contributed by atoms with van der Waals surface area (Å²) in [6, 6.07) is 19.5. The number of nitrogens with one attached hydrogen (secondary N) is 2. The number of fused-ring (bicyclic) bond motifs is 1. The van der Waals surface area contributed by atoms with Gasteiger partial charge in [-0.2, -0.15) is 4.98 Å². The van der Waals surface area contributed by atoms with E-state index in [1.54, 1.807) is 12.4 Å². The second-order valence-corrected chi connectivity index (χ2v) is 6.59. The minimum atomic E-state index is 0.147. The van der Waals surface area contributed by atoms with Gasteiger partial charge in [0.25, 0.3) is 0 Å². The van der Waals surface area contributed by atoms with Crippen LogP contribution in [0.25, 0.3) is 10.9 Å². The summed E-state index contributed by atoms with van der Waals surface area (Å²) in [5.74, 6) is 2.03. The number of rotatable bonds is 6. The Balaban J connectivity index is 1.51. The summed E-state index contributed by atoms with van der Waals surface area (Å²) in [6.45, 7) is 4.01. The monoisotopic (exact) mass is 371 g/mol. The number of benzene rings is 2. The molecule has 0 bridgehead atoms. The van der Waals surface area contributed by atoms with Crippen LogP contribution in [0.15, 0.2) is 73.1 Å². The van der Waals surface area contributed by atoms with Gasteiger partial charge in [0.15, 0.2) is 0 Å². The maximum Gasteiger partial charge on any atom is 0.229 e. The minimum absolute atomic E-state index is 0.147. The minimum Gasteiger partial charge on any atom is -0.491 e. The summed E-state index contributed by atoms with van der Waals surface area (Å²) < 4.78 is 5.67. The van der Waals surface area contributed by atoms with Crippen LogP contribution in [0.2, 0.25) is 0 Å². The molecule has 2 aromatic carbocycles. The fourth-order valence-corrected chi connectivity index (χ4v) is 2.85. The van der Waals surface area contributed by atoms with E-state index >= 15 is 0 Å². The number of aromatic nitrogens is 3. The van der Waals surface area contributed by atoms with Gasteiger partial charge in [-0.25, -0.2) is 4.98 Å². The van der Waals surface area contributed by atoms with Crippen molar-refractivity contribution < 1.29 is 4.74 Å². The Morgan fingerprint density at radius 2 is 1.64 bits per heavy atom. The van der Waals surface area contributed by atoms with Crippen molar-refractivity contribution in [3.05, 3.63) is 73.1 Å². The van der Waals surface area contributed by atoms with E-state index < -0.39 is 0 Å². The van der Waals surface area contributed by atoms with Crippen LogP contribution >= 0.6 is 0 Å². The molecule has 6 nitrogen and oxygen atoms in total. The quantitative estimate of drug-likeness (QED) is 0.479. The van der Waals surface area contributed by atoms with Gasteiger partial charge in [-0.05, 0) is 56.3 Å². The molecule has 4 aromatic rings. The van der Waals surface area contributed by atoms with Crippen molar-refractivity contribution in [2.45, 2.75) is 20.0 Å². The van der Waals surface area contributed by atoms with Crippen molar-refractivity contribution in [2.24, 2.45) is 0 Å². The average Bonchev–Trinajstić information content (AvgIpc) is 2.70. The van der Waals surface area contributed by atoms with Gasteiger partial charge in [0.1, 0.15) is 11.6 Å². The Kier molecular flexibility index (Phi) is 5.01. The van der Waals surface area contributed by atoms with E-state index in [1.807, 2.05) is 74.5 Å². The first-order chi connectivity index (χ1) is 13.7. The SMILES string of the molecule is CC(C)Oc1ccc(Nc2nccc(Nc3cccc4cccnc34)n2)cc1. The van der Waals surface area contributed by atoms with Gasteiger partial charge >= 0.3 is 0 Å². The molecule has 2 N–H and O–H groups in total. The molecule has 0 aliphatic heterocycles. The first-order valence-corrected chi connectivity index (χ1v) is 9.15. The molecule has 4 rings (SSSR count). The van der Waals surface area contributed by atoms with Crippen molar-refractivity contribution in [3.63, 3.8) is 0 Å². The largest absolute Gasteiger partial charge is 0.491 e. The molecule has 28 heavy (non-hydrogen) atoms. The van der Waals surface area contributed by atoms with Crippen LogP contribution in [0.5, 0.6) is 5.75 Å². The highest BCUT2D eigenvalue weighted by Crippen LogP contribution is 2.24. The first kappa shape index (κ1) is 17.7. The number of nitrogens with zero attached hydrogens (tertiary/aromatic N) is 3. The van der Waals surface area contributed by atoms with Crippen molar-refractivity contribution in [1.82, 2.24) is 15.0 Å². The average molecular weight is 371 g/mol. The fraction of sp³-hybridized carbons (Fsp3) is 0.136. The van der Waals surface area contributed by atoms with Gasteiger partial charge in [0.2, 0.25) is 5.95 Å². The summed E-state index contributed by atoms with van der Waals surface area (Å²) >= 11 is 0.